The highest BCUT2D eigenvalue weighted by molar-refractivity contribution is 5.88. The fraction of sp³-hybridized carbons (Fsp3) is 0.125. The molecule has 0 aliphatic heterocycles. The third-order valence-electron chi connectivity index (χ3n) is 3.39. The Kier molecular flexibility index (Phi) is 2.88. The van der Waals surface area contributed by atoms with Gasteiger partial charge in [-0.3, -0.25) is 0 Å². The molecule has 19 heavy (non-hydrogen) atoms. The maximum absolute atomic E-state index is 3.45. The zero-order chi connectivity index (χ0) is 13.2. The number of H-pyrrole nitrogens is 1. The van der Waals surface area contributed by atoms with Crippen LogP contribution in [0.5, 0.6) is 0 Å². The second kappa shape index (κ2) is 4.69. The van der Waals surface area contributed by atoms with Gasteiger partial charge in [-0.15, -0.1) is 0 Å². The van der Waals surface area contributed by atoms with Gasteiger partial charge in [-0.05, 0) is 42.0 Å². The van der Waals surface area contributed by atoms with Crippen LogP contribution in [0, 0.1) is 0 Å². The highest BCUT2D eigenvalue weighted by Crippen LogP contribution is 2.26. The second-order valence-electron chi connectivity index (χ2n) is 4.56. The summed E-state index contributed by atoms with van der Waals surface area (Å²) in [4.78, 5) is 3.45. The lowest BCUT2D eigenvalue weighted by Crippen LogP contribution is -1.86. The molecule has 0 saturated carbocycles. The van der Waals surface area contributed by atoms with Crippen LogP contribution in [0.3, 0.4) is 0 Å². The first kappa shape index (κ1) is 11.7. The van der Waals surface area contributed by atoms with Gasteiger partial charge < -0.3 is 15.6 Å². The van der Waals surface area contributed by atoms with Gasteiger partial charge in [0, 0.05) is 42.1 Å². The highest BCUT2D eigenvalue weighted by atomic mass is 14.8. The van der Waals surface area contributed by atoms with Crippen LogP contribution in [0.25, 0.3) is 22.2 Å². The summed E-state index contributed by atoms with van der Waals surface area (Å²) in [6.07, 6.45) is 0. The van der Waals surface area contributed by atoms with E-state index in [0.29, 0.717) is 0 Å². The van der Waals surface area contributed by atoms with Gasteiger partial charge in [0.25, 0.3) is 0 Å². The van der Waals surface area contributed by atoms with E-state index in [4.69, 9.17) is 0 Å². The summed E-state index contributed by atoms with van der Waals surface area (Å²) in [5, 5.41) is 7.51. The Balaban J connectivity index is 2.04. The molecule has 0 bridgehead atoms. The fourth-order valence-electron chi connectivity index (χ4n) is 2.26. The minimum atomic E-state index is 1.12. The molecule has 0 amide bonds. The first-order valence-electron chi connectivity index (χ1n) is 6.39. The molecule has 96 valence electrons. The van der Waals surface area contributed by atoms with Crippen molar-refractivity contribution in [1.29, 1.82) is 0 Å². The Morgan fingerprint density at radius 2 is 1.47 bits per heavy atom. The molecular weight excluding hydrogens is 234 g/mol. The fourth-order valence-corrected chi connectivity index (χ4v) is 2.26. The molecule has 1 aromatic heterocycles. The molecule has 0 unspecified atom stereocenters. The number of nitrogens with one attached hydrogen (secondary N) is 3. The van der Waals surface area contributed by atoms with Crippen LogP contribution >= 0.6 is 0 Å². The maximum atomic E-state index is 3.45. The van der Waals surface area contributed by atoms with Gasteiger partial charge in [-0.25, -0.2) is 0 Å². The van der Waals surface area contributed by atoms with Crippen LogP contribution in [-0.4, -0.2) is 19.1 Å². The normalized spacial score (nSPS) is 10.6. The first-order valence-corrected chi connectivity index (χ1v) is 6.39. The SMILES string of the molecule is CNc1ccc(-c2cc3cc(NC)ccc3[nH]2)cc1. The molecule has 3 aromatic rings. The molecule has 2 aromatic carbocycles. The third kappa shape index (κ3) is 2.15. The second-order valence-corrected chi connectivity index (χ2v) is 4.56. The summed E-state index contributed by atoms with van der Waals surface area (Å²) in [6, 6.07) is 16.9. The average molecular weight is 251 g/mol. The summed E-state index contributed by atoms with van der Waals surface area (Å²) in [6.45, 7) is 0. The Bertz CT molecular complexity index is 696. The van der Waals surface area contributed by atoms with Crippen molar-refractivity contribution in [2.24, 2.45) is 0 Å². The van der Waals surface area contributed by atoms with Crippen molar-refractivity contribution >= 4 is 22.3 Å². The molecule has 0 spiro atoms. The Morgan fingerprint density at radius 3 is 2.16 bits per heavy atom. The van der Waals surface area contributed by atoms with Crippen molar-refractivity contribution in [2.75, 3.05) is 24.7 Å². The molecule has 0 radical (unpaired) electrons. The molecular formula is C16H17N3. The average Bonchev–Trinajstić information content (AvgIpc) is 2.90. The predicted molar refractivity (Wildman–Crippen MR) is 82.8 cm³/mol. The maximum Gasteiger partial charge on any atom is 0.0464 e. The van der Waals surface area contributed by atoms with E-state index in [2.05, 4.69) is 64.1 Å². The van der Waals surface area contributed by atoms with E-state index in [1.165, 1.54) is 10.9 Å². The number of anilines is 2. The van der Waals surface area contributed by atoms with Crippen molar-refractivity contribution in [1.82, 2.24) is 4.98 Å². The Hall–Kier alpha value is -2.42. The van der Waals surface area contributed by atoms with Gasteiger partial charge in [0.15, 0.2) is 0 Å². The van der Waals surface area contributed by atoms with Gasteiger partial charge in [-0.1, -0.05) is 12.1 Å². The van der Waals surface area contributed by atoms with Crippen LogP contribution in [0.15, 0.2) is 48.5 Å². The van der Waals surface area contributed by atoms with Crippen LogP contribution in [0.2, 0.25) is 0 Å². The van der Waals surface area contributed by atoms with E-state index in [0.717, 1.165) is 22.6 Å². The lowest BCUT2D eigenvalue weighted by Gasteiger charge is -2.01. The number of benzene rings is 2. The Morgan fingerprint density at radius 1 is 0.789 bits per heavy atom. The summed E-state index contributed by atoms with van der Waals surface area (Å²) < 4.78 is 0. The van der Waals surface area contributed by atoms with Crippen LogP contribution < -0.4 is 10.6 Å². The van der Waals surface area contributed by atoms with Crippen LogP contribution in [0.4, 0.5) is 11.4 Å². The van der Waals surface area contributed by atoms with E-state index in [9.17, 15) is 0 Å². The molecule has 0 fully saturated rings. The minimum absolute atomic E-state index is 1.12. The van der Waals surface area contributed by atoms with E-state index in [-0.39, 0.29) is 0 Å². The molecule has 1 heterocycles. The standard InChI is InChI=1S/C16H17N3/c1-17-13-5-3-11(4-6-13)16-10-12-9-14(18-2)7-8-15(12)19-16/h3-10,17-19H,1-2H3. The van der Waals surface area contributed by atoms with Crippen molar-refractivity contribution in [3.8, 4) is 11.3 Å². The molecule has 3 N–H and O–H groups in total. The number of rotatable bonds is 3. The van der Waals surface area contributed by atoms with E-state index < -0.39 is 0 Å². The number of aromatic nitrogens is 1. The van der Waals surface area contributed by atoms with Gasteiger partial charge in [0.2, 0.25) is 0 Å². The lowest BCUT2D eigenvalue weighted by atomic mass is 10.1. The van der Waals surface area contributed by atoms with Crippen molar-refractivity contribution in [3.05, 3.63) is 48.5 Å². The third-order valence-corrected chi connectivity index (χ3v) is 3.39. The summed E-state index contributed by atoms with van der Waals surface area (Å²) in [5.41, 5.74) is 5.75. The molecule has 0 saturated heterocycles. The topological polar surface area (TPSA) is 39.8 Å². The number of fused-ring (bicyclic) bond motifs is 1. The lowest BCUT2D eigenvalue weighted by molar-refractivity contribution is 1.44. The predicted octanol–water partition coefficient (Wildman–Crippen LogP) is 3.92. The van der Waals surface area contributed by atoms with Gasteiger partial charge in [-0.2, -0.15) is 0 Å². The summed E-state index contributed by atoms with van der Waals surface area (Å²) in [5.74, 6) is 0. The molecule has 0 aliphatic rings. The zero-order valence-corrected chi connectivity index (χ0v) is 11.1. The number of hydrogen-bond acceptors (Lipinski definition) is 2. The van der Waals surface area contributed by atoms with E-state index in [1.807, 2.05) is 14.1 Å². The number of hydrogen-bond donors (Lipinski definition) is 3. The first-order chi connectivity index (χ1) is 9.30. The van der Waals surface area contributed by atoms with Crippen molar-refractivity contribution < 1.29 is 0 Å². The van der Waals surface area contributed by atoms with Crippen LogP contribution in [0.1, 0.15) is 0 Å². The highest BCUT2D eigenvalue weighted by Gasteiger charge is 2.04. The monoisotopic (exact) mass is 251 g/mol. The van der Waals surface area contributed by atoms with E-state index in [1.54, 1.807) is 0 Å². The van der Waals surface area contributed by atoms with Crippen LogP contribution in [-0.2, 0) is 0 Å². The smallest absolute Gasteiger partial charge is 0.0464 e. The van der Waals surface area contributed by atoms with Gasteiger partial charge in [0.1, 0.15) is 0 Å². The Labute approximate surface area is 112 Å². The molecule has 3 rings (SSSR count). The summed E-state index contributed by atoms with van der Waals surface area (Å²) >= 11 is 0. The van der Waals surface area contributed by atoms with Crippen molar-refractivity contribution in [3.63, 3.8) is 0 Å². The van der Waals surface area contributed by atoms with Gasteiger partial charge >= 0.3 is 0 Å². The largest absolute Gasteiger partial charge is 0.388 e. The summed E-state index contributed by atoms with van der Waals surface area (Å²) in [7, 11) is 3.86. The molecule has 0 aliphatic carbocycles. The van der Waals surface area contributed by atoms with E-state index >= 15 is 0 Å². The van der Waals surface area contributed by atoms with Crippen molar-refractivity contribution in [2.45, 2.75) is 0 Å². The minimum Gasteiger partial charge on any atom is -0.388 e. The molecule has 3 heteroatoms. The molecule has 0 atom stereocenters. The quantitative estimate of drug-likeness (QED) is 0.660. The zero-order valence-electron chi connectivity index (χ0n) is 11.1. The number of aromatic amines is 1. The van der Waals surface area contributed by atoms with Gasteiger partial charge in [0.05, 0.1) is 0 Å². The molecule has 3 nitrogen and oxygen atoms in total.